The number of non-ortho nitro benzene ring substituents is 1. The number of rotatable bonds is 3. The Morgan fingerprint density at radius 3 is 3.14 bits per heavy atom. The van der Waals surface area contributed by atoms with Crippen LogP contribution in [-0.2, 0) is 4.74 Å². The molecule has 1 aromatic heterocycles. The second-order valence-electron chi connectivity index (χ2n) is 5.13. The van der Waals surface area contributed by atoms with E-state index in [0.717, 1.165) is 0 Å². The standard InChI is InChI=1S/C13H15ClN4O3/c1-8-7-21-10(5-14)6-17(8)13-15-11-3-2-9(18(19)20)4-12(11)16-13/h2-4,8,10H,5-7H2,1H3,(H,15,16). The maximum Gasteiger partial charge on any atom is 0.271 e. The molecular weight excluding hydrogens is 296 g/mol. The molecule has 2 atom stereocenters. The molecule has 7 nitrogen and oxygen atoms in total. The molecular formula is C13H15ClN4O3. The lowest BCUT2D eigenvalue weighted by Gasteiger charge is -2.37. The number of aromatic nitrogens is 2. The first kappa shape index (κ1) is 14.1. The van der Waals surface area contributed by atoms with E-state index in [2.05, 4.69) is 14.9 Å². The van der Waals surface area contributed by atoms with E-state index in [1.165, 1.54) is 12.1 Å². The van der Waals surface area contributed by atoms with Gasteiger partial charge in [-0.15, -0.1) is 11.6 Å². The molecule has 2 aromatic rings. The van der Waals surface area contributed by atoms with Crippen LogP contribution in [0.15, 0.2) is 18.2 Å². The summed E-state index contributed by atoms with van der Waals surface area (Å²) in [7, 11) is 0. The molecule has 2 unspecified atom stereocenters. The van der Waals surface area contributed by atoms with Crippen LogP contribution in [0.25, 0.3) is 11.0 Å². The highest BCUT2D eigenvalue weighted by molar-refractivity contribution is 6.18. The largest absolute Gasteiger partial charge is 0.373 e. The van der Waals surface area contributed by atoms with E-state index in [1.54, 1.807) is 6.07 Å². The Morgan fingerprint density at radius 1 is 1.62 bits per heavy atom. The van der Waals surface area contributed by atoms with Crippen molar-refractivity contribution >= 4 is 34.3 Å². The lowest BCUT2D eigenvalue weighted by molar-refractivity contribution is -0.384. The smallest absolute Gasteiger partial charge is 0.271 e. The third-order valence-corrected chi connectivity index (χ3v) is 3.96. The van der Waals surface area contributed by atoms with Crippen LogP contribution < -0.4 is 4.90 Å². The summed E-state index contributed by atoms with van der Waals surface area (Å²) in [4.78, 5) is 20.1. The number of morpholine rings is 1. The van der Waals surface area contributed by atoms with Crippen LogP contribution in [0, 0.1) is 10.1 Å². The Kier molecular flexibility index (Phi) is 3.69. The van der Waals surface area contributed by atoms with E-state index in [4.69, 9.17) is 16.3 Å². The van der Waals surface area contributed by atoms with Gasteiger partial charge in [0.25, 0.3) is 5.69 Å². The van der Waals surface area contributed by atoms with Gasteiger partial charge in [0.15, 0.2) is 0 Å². The lowest BCUT2D eigenvalue weighted by Crippen LogP contribution is -2.49. The number of nitro groups is 1. The second kappa shape index (κ2) is 5.50. The van der Waals surface area contributed by atoms with Crippen LogP contribution in [-0.4, -0.2) is 46.1 Å². The Labute approximate surface area is 126 Å². The van der Waals surface area contributed by atoms with E-state index >= 15 is 0 Å². The fourth-order valence-electron chi connectivity index (χ4n) is 2.44. The van der Waals surface area contributed by atoms with Crippen molar-refractivity contribution in [1.29, 1.82) is 0 Å². The average molecular weight is 311 g/mol. The maximum absolute atomic E-state index is 10.8. The molecule has 1 aliphatic rings. The van der Waals surface area contributed by atoms with Gasteiger partial charge in [-0.3, -0.25) is 10.1 Å². The molecule has 0 spiro atoms. The summed E-state index contributed by atoms with van der Waals surface area (Å²) >= 11 is 5.86. The lowest BCUT2D eigenvalue weighted by atomic mass is 10.2. The molecule has 1 fully saturated rings. The number of nitro benzene ring substituents is 1. The number of imidazole rings is 1. The van der Waals surface area contributed by atoms with E-state index in [-0.39, 0.29) is 17.8 Å². The first-order valence-corrected chi connectivity index (χ1v) is 7.20. The van der Waals surface area contributed by atoms with Crippen LogP contribution >= 0.6 is 11.6 Å². The topological polar surface area (TPSA) is 84.3 Å². The van der Waals surface area contributed by atoms with Crippen molar-refractivity contribution in [2.24, 2.45) is 0 Å². The summed E-state index contributed by atoms with van der Waals surface area (Å²) in [6.07, 6.45) is -0.0367. The number of nitrogens with one attached hydrogen (secondary N) is 1. The Balaban J connectivity index is 1.94. The minimum Gasteiger partial charge on any atom is -0.373 e. The van der Waals surface area contributed by atoms with Crippen molar-refractivity contribution in [2.45, 2.75) is 19.1 Å². The summed E-state index contributed by atoms with van der Waals surface area (Å²) in [6.45, 7) is 3.27. The molecule has 0 amide bonds. The van der Waals surface area contributed by atoms with Crippen LogP contribution in [0.3, 0.4) is 0 Å². The third-order valence-electron chi connectivity index (χ3n) is 3.61. The van der Waals surface area contributed by atoms with Gasteiger partial charge in [-0.2, -0.15) is 0 Å². The van der Waals surface area contributed by atoms with Gasteiger partial charge in [0.05, 0.1) is 40.6 Å². The molecule has 0 saturated carbocycles. The predicted molar refractivity (Wildman–Crippen MR) is 80.0 cm³/mol. The molecule has 3 rings (SSSR count). The summed E-state index contributed by atoms with van der Waals surface area (Å²) in [6, 6.07) is 4.77. The van der Waals surface area contributed by atoms with Crippen LogP contribution in [0.4, 0.5) is 11.6 Å². The van der Waals surface area contributed by atoms with Crippen molar-refractivity contribution in [3.63, 3.8) is 0 Å². The van der Waals surface area contributed by atoms with Gasteiger partial charge in [0.1, 0.15) is 0 Å². The molecule has 112 valence electrons. The van der Waals surface area contributed by atoms with Crippen molar-refractivity contribution in [1.82, 2.24) is 9.97 Å². The van der Waals surface area contributed by atoms with E-state index in [9.17, 15) is 10.1 Å². The highest BCUT2D eigenvalue weighted by atomic mass is 35.5. The van der Waals surface area contributed by atoms with Gasteiger partial charge in [0, 0.05) is 18.7 Å². The van der Waals surface area contributed by atoms with Crippen LogP contribution in [0.5, 0.6) is 0 Å². The van der Waals surface area contributed by atoms with Crippen molar-refractivity contribution in [2.75, 3.05) is 23.9 Å². The number of alkyl halides is 1. The second-order valence-corrected chi connectivity index (χ2v) is 5.44. The zero-order valence-electron chi connectivity index (χ0n) is 11.5. The number of hydrogen-bond donors (Lipinski definition) is 1. The van der Waals surface area contributed by atoms with E-state index < -0.39 is 4.92 Å². The Bertz CT molecular complexity index is 674. The molecule has 0 aliphatic carbocycles. The average Bonchev–Trinajstić information content (AvgIpc) is 2.90. The number of halogens is 1. The van der Waals surface area contributed by atoms with Gasteiger partial charge >= 0.3 is 0 Å². The summed E-state index contributed by atoms with van der Waals surface area (Å²) < 4.78 is 5.61. The quantitative estimate of drug-likeness (QED) is 0.534. The van der Waals surface area contributed by atoms with Gasteiger partial charge in [-0.25, -0.2) is 4.98 Å². The highest BCUT2D eigenvalue weighted by Gasteiger charge is 2.27. The monoisotopic (exact) mass is 310 g/mol. The first-order valence-electron chi connectivity index (χ1n) is 6.67. The molecule has 1 saturated heterocycles. The first-order chi connectivity index (χ1) is 10.1. The van der Waals surface area contributed by atoms with Crippen LogP contribution in [0.1, 0.15) is 6.92 Å². The van der Waals surface area contributed by atoms with E-state index in [1.807, 2.05) is 6.92 Å². The molecule has 0 radical (unpaired) electrons. The van der Waals surface area contributed by atoms with Gasteiger partial charge in [0.2, 0.25) is 5.95 Å². The van der Waals surface area contributed by atoms with Crippen molar-refractivity contribution in [3.8, 4) is 0 Å². The normalized spacial score (nSPS) is 22.7. The zero-order chi connectivity index (χ0) is 15.0. The molecule has 0 bridgehead atoms. The molecule has 1 aromatic carbocycles. The number of aromatic amines is 1. The number of benzene rings is 1. The zero-order valence-corrected chi connectivity index (χ0v) is 12.2. The van der Waals surface area contributed by atoms with Gasteiger partial charge in [-0.1, -0.05) is 0 Å². The number of H-pyrrole nitrogens is 1. The maximum atomic E-state index is 10.8. The van der Waals surface area contributed by atoms with E-state index in [0.29, 0.717) is 36.0 Å². The highest BCUT2D eigenvalue weighted by Crippen LogP contribution is 2.25. The summed E-state index contributed by atoms with van der Waals surface area (Å²) in [5.41, 5.74) is 1.41. The number of hydrogen-bond acceptors (Lipinski definition) is 5. The number of nitrogens with zero attached hydrogens (tertiary/aromatic N) is 3. The molecule has 8 heteroatoms. The third kappa shape index (κ3) is 2.66. The number of ether oxygens (including phenoxy) is 1. The fraction of sp³-hybridized carbons (Fsp3) is 0.462. The Hall–Kier alpha value is -1.86. The molecule has 1 aliphatic heterocycles. The number of anilines is 1. The molecule has 2 heterocycles. The summed E-state index contributed by atoms with van der Waals surface area (Å²) in [5.74, 6) is 1.12. The minimum atomic E-state index is -0.416. The predicted octanol–water partition coefficient (Wildman–Crippen LogP) is 2.30. The van der Waals surface area contributed by atoms with Crippen LogP contribution in [0.2, 0.25) is 0 Å². The Morgan fingerprint density at radius 2 is 2.43 bits per heavy atom. The van der Waals surface area contributed by atoms with Crippen molar-refractivity contribution in [3.05, 3.63) is 28.3 Å². The SMILES string of the molecule is CC1COC(CCl)CN1c1nc2ccc([N+](=O)[O-])cc2[nH]1. The van der Waals surface area contributed by atoms with Crippen molar-refractivity contribution < 1.29 is 9.66 Å². The minimum absolute atomic E-state index is 0.0367. The number of fused-ring (bicyclic) bond motifs is 1. The van der Waals surface area contributed by atoms with Gasteiger partial charge in [-0.05, 0) is 13.0 Å². The molecule has 1 N–H and O–H groups in total. The fourth-order valence-corrected chi connectivity index (χ4v) is 2.63. The van der Waals surface area contributed by atoms with Gasteiger partial charge < -0.3 is 14.6 Å². The summed E-state index contributed by atoms with van der Waals surface area (Å²) in [5, 5.41) is 10.8. The molecule has 21 heavy (non-hydrogen) atoms.